The SMILES string of the molecule is Cc1nc2c(C(N)=O)cc(-c3ccnc(C#N)c3)cc2n1-c1ccnc2c(F)ccc(Cl)c12. The zero-order chi connectivity index (χ0) is 23.3. The third kappa shape index (κ3) is 3.26. The van der Waals surface area contributed by atoms with Crippen LogP contribution in [0.3, 0.4) is 0 Å². The zero-order valence-corrected chi connectivity index (χ0v) is 17.9. The quantitative estimate of drug-likeness (QED) is 0.422. The lowest BCUT2D eigenvalue weighted by atomic mass is 10.0. The van der Waals surface area contributed by atoms with E-state index in [-0.39, 0.29) is 16.8 Å². The number of benzene rings is 2. The Morgan fingerprint density at radius 2 is 1.88 bits per heavy atom. The molecule has 0 fully saturated rings. The average Bonchev–Trinajstić information content (AvgIpc) is 3.15. The summed E-state index contributed by atoms with van der Waals surface area (Å²) in [5.41, 5.74) is 9.12. The predicted octanol–water partition coefficient (Wildman–Crippen LogP) is 4.71. The molecule has 0 spiro atoms. The lowest BCUT2D eigenvalue weighted by Crippen LogP contribution is -2.12. The van der Waals surface area contributed by atoms with Crippen molar-refractivity contribution < 1.29 is 9.18 Å². The minimum Gasteiger partial charge on any atom is -0.366 e. The van der Waals surface area contributed by atoms with Gasteiger partial charge in [-0.1, -0.05) is 11.6 Å². The number of rotatable bonds is 3. The van der Waals surface area contributed by atoms with Crippen molar-refractivity contribution in [3.8, 4) is 22.9 Å². The number of amides is 1. The molecule has 3 aromatic heterocycles. The van der Waals surface area contributed by atoms with Crippen LogP contribution in [0.1, 0.15) is 21.9 Å². The van der Waals surface area contributed by atoms with E-state index >= 15 is 0 Å². The maximum absolute atomic E-state index is 14.5. The standard InChI is InChI=1S/C24H14ClFN6O/c1-12-31-22-16(24(28)33)9-14(13-4-6-29-15(8-13)11-27)10-20(22)32(12)19-5-7-30-23-18(26)3-2-17(25)21(19)23/h2-10H,1H3,(H2,28,33). The summed E-state index contributed by atoms with van der Waals surface area (Å²) in [4.78, 5) is 25.0. The fourth-order valence-corrected chi connectivity index (χ4v) is 4.24. The van der Waals surface area contributed by atoms with E-state index in [1.807, 2.05) is 12.1 Å². The topological polar surface area (TPSA) is 110 Å². The summed E-state index contributed by atoms with van der Waals surface area (Å²) in [6.07, 6.45) is 3.01. The molecule has 0 bridgehead atoms. The molecule has 0 aliphatic carbocycles. The van der Waals surface area contributed by atoms with Gasteiger partial charge in [0.15, 0.2) is 0 Å². The lowest BCUT2D eigenvalue weighted by Gasteiger charge is -2.13. The third-order valence-electron chi connectivity index (χ3n) is 5.41. The van der Waals surface area contributed by atoms with Crippen molar-refractivity contribution in [3.05, 3.63) is 82.8 Å². The van der Waals surface area contributed by atoms with Crippen LogP contribution < -0.4 is 5.73 Å². The first-order valence-corrected chi connectivity index (χ1v) is 10.2. The molecule has 0 saturated heterocycles. The molecular weight excluding hydrogens is 443 g/mol. The van der Waals surface area contributed by atoms with Crippen molar-refractivity contribution in [1.82, 2.24) is 19.5 Å². The molecule has 9 heteroatoms. The Hall–Kier alpha value is -4.35. The summed E-state index contributed by atoms with van der Waals surface area (Å²) in [6.45, 7) is 1.77. The Bertz CT molecular complexity index is 1650. The minimum absolute atomic E-state index is 0.125. The number of nitrogens with two attached hydrogens (primary N) is 1. The van der Waals surface area contributed by atoms with Gasteiger partial charge in [-0.05, 0) is 60.5 Å². The Morgan fingerprint density at radius 3 is 2.64 bits per heavy atom. The smallest absolute Gasteiger partial charge is 0.250 e. The predicted molar refractivity (Wildman–Crippen MR) is 123 cm³/mol. The number of carbonyl (C=O) groups excluding carboxylic acids is 1. The molecule has 5 aromatic rings. The van der Waals surface area contributed by atoms with E-state index in [0.29, 0.717) is 44.1 Å². The molecule has 2 N–H and O–H groups in total. The van der Waals surface area contributed by atoms with Crippen molar-refractivity contribution in [2.24, 2.45) is 5.73 Å². The van der Waals surface area contributed by atoms with Crippen LogP contribution in [0.4, 0.5) is 4.39 Å². The molecule has 7 nitrogen and oxygen atoms in total. The summed E-state index contributed by atoms with van der Waals surface area (Å²) >= 11 is 6.44. The molecule has 0 unspecified atom stereocenters. The second kappa shape index (κ2) is 7.65. The second-order valence-electron chi connectivity index (χ2n) is 7.37. The van der Waals surface area contributed by atoms with Crippen molar-refractivity contribution in [1.29, 1.82) is 5.26 Å². The van der Waals surface area contributed by atoms with Gasteiger partial charge in [0.2, 0.25) is 0 Å². The normalized spacial score (nSPS) is 11.1. The van der Waals surface area contributed by atoms with Crippen LogP contribution >= 0.6 is 11.6 Å². The molecule has 0 saturated carbocycles. The van der Waals surface area contributed by atoms with Crippen LogP contribution in [0, 0.1) is 24.1 Å². The van der Waals surface area contributed by atoms with Crippen LogP contribution in [0.5, 0.6) is 0 Å². The number of aryl methyl sites for hydroxylation is 1. The lowest BCUT2D eigenvalue weighted by molar-refractivity contribution is 0.100. The summed E-state index contributed by atoms with van der Waals surface area (Å²) < 4.78 is 16.3. The number of nitriles is 1. The summed E-state index contributed by atoms with van der Waals surface area (Å²) in [7, 11) is 0. The van der Waals surface area contributed by atoms with Gasteiger partial charge < -0.3 is 5.73 Å². The summed E-state index contributed by atoms with van der Waals surface area (Å²) in [5, 5.41) is 9.97. The maximum atomic E-state index is 14.5. The number of aromatic nitrogens is 4. The largest absolute Gasteiger partial charge is 0.366 e. The highest BCUT2D eigenvalue weighted by atomic mass is 35.5. The van der Waals surface area contributed by atoms with Crippen LogP contribution in [-0.4, -0.2) is 25.4 Å². The third-order valence-corrected chi connectivity index (χ3v) is 5.73. The molecule has 160 valence electrons. The number of hydrogen-bond donors (Lipinski definition) is 1. The fraction of sp³-hybridized carbons (Fsp3) is 0.0417. The van der Waals surface area contributed by atoms with Gasteiger partial charge in [0.05, 0.1) is 21.8 Å². The van der Waals surface area contributed by atoms with E-state index in [2.05, 4.69) is 15.0 Å². The molecule has 2 aromatic carbocycles. The van der Waals surface area contributed by atoms with Gasteiger partial charge in [0.25, 0.3) is 5.91 Å². The van der Waals surface area contributed by atoms with Gasteiger partial charge >= 0.3 is 0 Å². The Kier molecular flexibility index (Phi) is 4.77. The van der Waals surface area contributed by atoms with Gasteiger partial charge in [-0.15, -0.1) is 0 Å². The number of nitrogens with zero attached hydrogens (tertiary/aromatic N) is 5. The van der Waals surface area contributed by atoms with Crippen LogP contribution in [0.2, 0.25) is 5.02 Å². The van der Waals surface area contributed by atoms with E-state index in [0.717, 1.165) is 0 Å². The number of pyridine rings is 2. The molecule has 0 radical (unpaired) electrons. The molecule has 0 atom stereocenters. The van der Waals surface area contributed by atoms with E-state index in [1.165, 1.54) is 24.5 Å². The molecule has 33 heavy (non-hydrogen) atoms. The molecule has 3 heterocycles. The molecule has 0 aliphatic heterocycles. The van der Waals surface area contributed by atoms with Gasteiger partial charge in [0, 0.05) is 17.8 Å². The molecule has 0 aliphatic rings. The van der Waals surface area contributed by atoms with Crippen molar-refractivity contribution in [3.63, 3.8) is 0 Å². The first-order valence-electron chi connectivity index (χ1n) is 9.81. The number of primary amides is 1. The highest BCUT2D eigenvalue weighted by Crippen LogP contribution is 2.35. The maximum Gasteiger partial charge on any atom is 0.250 e. The minimum atomic E-state index is -0.648. The number of halogens is 2. The van der Waals surface area contributed by atoms with Gasteiger partial charge in [-0.3, -0.25) is 14.3 Å². The van der Waals surface area contributed by atoms with Crippen molar-refractivity contribution in [2.45, 2.75) is 6.92 Å². The van der Waals surface area contributed by atoms with Gasteiger partial charge in [-0.25, -0.2) is 14.4 Å². The Labute approximate surface area is 191 Å². The molecule has 5 rings (SSSR count). The van der Waals surface area contributed by atoms with Crippen molar-refractivity contribution in [2.75, 3.05) is 0 Å². The van der Waals surface area contributed by atoms with Gasteiger partial charge in [-0.2, -0.15) is 5.26 Å². The van der Waals surface area contributed by atoms with Crippen LogP contribution in [0.15, 0.2) is 54.9 Å². The number of carbonyl (C=O) groups is 1. The molecular formula is C24H14ClFN6O. The monoisotopic (exact) mass is 456 g/mol. The number of fused-ring (bicyclic) bond motifs is 2. The van der Waals surface area contributed by atoms with Crippen molar-refractivity contribution >= 4 is 39.4 Å². The highest BCUT2D eigenvalue weighted by molar-refractivity contribution is 6.36. The van der Waals surface area contributed by atoms with Crippen LogP contribution in [-0.2, 0) is 0 Å². The number of imidazole rings is 1. The highest BCUT2D eigenvalue weighted by Gasteiger charge is 2.20. The van der Waals surface area contributed by atoms with E-state index in [1.54, 1.807) is 35.8 Å². The Balaban J connectivity index is 1.89. The van der Waals surface area contributed by atoms with Gasteiger partial charge in [0.1, 0.15) is 34.4 Å². The molecule has 1 amide bonds. The van der Waals surface area contributed by atoms with E-state index in [4.69, 9.17) is 17.3 Å². The summed E-state index contributed by atoms with van der Waals surface area (Å²) in [6, 6.07) is 13.3. The fourth-order valence-electron chi connectivity index (χ4n) is 3.99. The average molecular weight is 457 g/mol. The van der Waals surface area contributed by atoms with E-state index < -0.39 is 11.7 Å². The van der Waals surface area contributed by atoms with E-state index in [9.17, 15) is 14.4 Å². The van der Waals surface area contributed by atoms with Crippen LogP contribution in [0.25, 0.3) is 38.8 Å². The zero-order valence-electron chi connectivity index (χ0n) is 17.2. The first-order chi connectivity index (χ1) is 15.9. The first kappa shape index (κ1) is 20.5. The Morgan fingerprint density at radius 1 is 1.09 bits per heavy atom. The summed E-state index contributed by atoms with van der Waals surface area (Å²) in [5.74, 6) is -0.604. The number of hydrogen-bond acceptors (Lipinski definition) is 5. The second-order valence-corrected chi connectivity index (χ2v) is 7.78.